The summed E-state index contributed by atoms with van der Waals surface area (Å²) in [5.74, 6) is 2.62. The molecule has 4 aromatic rings. The standard InChI is InChI=1S/C23H21N7O/c1-14-25-10-17(11-26-14)16-5-6-18-19(9-16)30(22(31)23(18,3)4)21-13-27-20(12-28-21)29-8-7-24-15(29)2/h5-13H,1-4H3. The van der Waals surface area contributed by atoms with E-state index in [4.69, 9.17) is 0 Å². The topological polar surface area (TPSA) is 89.7 Å². The van der Waals surface area contributed by atoms with E-state index in [1.54, 1.807) is 35.9 Å². The molecule has 1 aromatic carbocycles. The van der Waals surface area contributed by atoms with Gasteiger partial charge >= 0.3 is 0 Å². The van der Waals surface area contributed by atoms with Gasteiger partial charge in [-0.3, -0.25) is 14.3 Å². The van der Waals surface area contributed by atoms with Crippen molar-refractivity contribution in [2.24, 2.45) is 0 Å². The van der Waals surface area contributed by atoms with E-state index in [1.165, 1.54) is 0 Å². The maximum atomic E-state index is 13.4. The van der Waals surface area contributed by atoms with Gasteiger partial charge in [-0.1, -0.05) is 12.1 Å². The van der Waals surface area contributed by atoms with Crippen molar-refractivity contribution < 1.29 is 4.79 Å². The van der Waals surface area contributed by atoms with Crippen LogP contribution in [0, 0.1) is 13.8 Å². The molecule has 31 heavy (non-hydrogen) atoms. The molecule has 154 valence electrons. The largest absolute Gasteiger partial charge is 0.287 e. The van der Waals surface area contributed by atoms with Gasteiger partial charge < -0.3 is 0 Å². The first-order chi connectivity index (χ1) is 14.9. The fourth-order valence-corrected chi connectivity index (χ4v) is 3.87. The number of benzene rings is 1. The highest BCUT2D eigenvalue weighted by Gasteiger charge is 2.45. The van der Waals surface area contributed by atoms with E-state index in [-0.39, 0.29) is 5.91 Å². The Hall–Kier alpha value is -3.94. The van der Waals surface area contributed by atoms with Crippen LogP contribution in [-0.4, -0.2) is 35.4 Å². The number of anilines is 2. The molecule has 0 spiro atoms. The van der Waals surface area contributed by atoms with Gasteiger partial charge in [0.05, 0.1) is 23.5 Å². The van der Waals surface area contributed by atoms with Gasteiger partial charge in [0, 0.05) is 30.4 Å². The quantitative estimate of drug-likeness (QED) is 0.511. The summed E-state index contributed by atoms with van der Waals surface area (Å²) in [6.07, 6.45) is 10.4. The van der Waals surface area contributed by atoms with Crippen molar-refractivity contribution in [1.82, 2.24) is 29.5 Å². The lowest BCUT2D eigenvalue weighted by atomic mass is 9.85. The Morgan fingerprint density at radius 1 is 0.839 bits per heavy atom. The molecule has 8 nitrogen and oxygen atoms in total. The van der Waals surface area contributed by atoms with Gasteiger partial charge in [-0.15, -0.1) is 0 Å². The third-order valence-electron chi connectivity index (χ3n) is 5.69. The molecule has 0 radical (unpaired) electrons. The summed E-state index contributed by atoms with van der Waals surface area (Å²) in [5, 5.41) is 0. The maximum Gasteiger partial charge on any atom is 0.242 e. The Morgan fingerprint density at radius 3 is 2.19 bits per heavy atom. The van der Waals surface area contributed by atoms with Gasteiger partial charge in [0.1, 0.15) is 11.6 Å². The lowest BCUT2D eigenvalue weighted by Gasteiger charge is -2.19. The van der Waals surface area contributed by atoms with Crippen LogP contribution in [0.5, 0.6) is 0 Å². The molecule has 3 aromatic heterocycles. The van der Waals surface area contributed by atoms with Gasteiger partial charge in [0.25, 0.3) is 0 Å². The monoisotopic (exact) mass is 411 g/mol. The number of hydrogen-bond donors (Lipinski definition) is 0. The zero-order valence-electron chi connectivity index (χ0n) is 17.7. The molecule has 4 heterocycles. The van der Waals surface area contributed by atoms with E-state index in [0.29, 0.717) is 17.5 Å². The molecule has 0 saturated heterocycles. The Bertz CT molecular complexity index is 1290. The number of aromatic nitrogens is 6. The molecular weight excluding hydrogens is 390 g/mol. The average Bonchev–Trinajstić information content (AvgIpc) is 3.28. The second-order valence-electron chi connectivity index (χ2n) is 8.09. The summed E-state index contributed by atoms with van der Waals surface area (Å²) in [4.78, 5) is 36.9. The van der Waals surface area contributed by atoms with Gasteiger partial charge in [-0.05, 0) is 44.9 Å². The molecule has 0 atom stereocenters. The van der Waals surface area contributed by atoms with Crippen LogP contribution in [-0.2, 0) is 10.2 Å². The Labute approximate surface area is 179 Å². The second kappa shape index (κ2) is 6.80. The highest BCUT2D eigenvalue weighted by Crippen LogP contribution is 2.46. The molecule has 8 heteroatoms. The number of nitrogens with zero attached hydrogens (tertiary/aromatic N) is 7. The first kappa shape index (κ1) is 19.0. The number of rotatable bonds is 3. The van der Waals surface area contributed by atoms with E-state index < -0.39 is 5.41 Å². The first-order valence-corrected chi connectivity index (χ1v) is 9.97. The van der Waals surface area contributed by atoms with E-state index in [0.717, 1.165) is 28.2 Å². The molecule has 0 saturated carbocycles. The summed E-state index contributed by atoms with van der Waals surface area (Å²) in [5.41, 5.74) is 2.91. The number of hydrogen-bond acceptors (Lipinski definition) is 6. The van der Waals surface area contributed by atoms with Gasteiger partial charge in [0.2, 0.25) is 5.91 Å². The summed E-state index contributed by atoms with van der Waals surface area (Å²) in [6, 6.07) is 5.99. The van der Waals surface area contributed by atoms with Crippen molar-refractivity contribution in [2.45, 2.75) is 33.1 Å². The van der Waals surface area contributed by atoms with Crippen molar-refractivity contribution in [2.75, 3.05) is 4.90 Å². The normalized spacial score (nSPS) is 14.7. The third kappa shape index (κ3) is 2.99. The van der Waals surface area contributed by atoms with Crippen LogP contribution in [0.15, 0.2) is 55.4 Å². The van der Waals surface area contributed by atoms with Crippen molar-refractivity contribution in [3.8, 4) is 16.9 Å². The van der Waals surface area contributed by atoms with Crippen molar-refractivity contribution in [3.63, 3.8) is 0 Å². The minimum atomic E-state index is -0.668. The second-order valence-corrected chi connectivity index (χ2v) is 8.09. The number of amides is 1. The SMILES string of the molecule is Cc1ncc(-c2ccc3c(c2)N(c2cnc(-n4ccnc4C)cn2)C(=O)C3(C)C)cn1. The van der Waals surface area contributed by atoms with Crippen LogP contribution >= 0.6 is 0 Å². The Morgan fingerprint density at radius 2 is 1.55 bits per heavy atom. The van der Waals surface area contributed by atoms with Crippen molar-refractivity contribution in [1.29, 1.82) is 0 Å². The summed E-state index contributed by atoms with van der Waals surface area (Å²) in [7, 11) is 0. The summed E-state index contributed by atoms with van der Waals surface area (Å²) >= 11 is 0. The van der Waals surface area contributed by atoms with Gasteiger partial charge in [-0.25, -0.2) is 24.9 Å². The molecule has 0 unspecified atom stereocenters. The number of fused-ring (bicyclic) bond motifs is 1. The number of aryl methyl sites for hydroxylation is 2. The lowest BCUT2D eigenvalue weighted by molar-refractivity contribution is -0.121. The highest BCUT2D eigenvalue weighted by molar-refractivity contribution is 6.12. The molecule has 5 rings (SSSR count). The number of carbonyl (C=O) groups excluding carboxylic acids is 1. The van der Waals surface area contributed by atoms with Crippen molar-refractivity contribution in [3.05, 3.63) is 72.6 Å². The predicted octanol–water partition coefficient (Wildman–Crippen LogP) is 3.69. The molecule has 0 aliphatic carbocycles. The van der Waals surface area contributed by atoms with Crippen molar-refractivity contribution >= 4 is 17.4 Å². The van der Waals surface area contributed by atoms with Crippen LogP contribution in [0.3, 0.4) is 0 Å². The number of carbonyl (C=O) groups is 1. The van der Waals surface area contributed by atoms with Gasteiger partial charge in [0.15, 0.2) is 11.6 Å². The van der Waals surface area contributed by atoms with E-state index in [1.807, 2.05) is 56.7 Å². The van der Waals surface area contributed by atoms with E-state index in [9.17, 15) is 4.79 Å². The fourth-order valence-electron chi connectivity index (χ4n) is 3.87. The molecule has 1 amide bonds. The predicted molar refractivity (Wildman–Crippen MR) is 116 cm³/mol. The molecule has 0 fully saturated rings. The smallest absolute Gasteiger partial charge is 0.242 e. The summed E-state index contributed by atoms with van der Waals surface area (Å²) in [6.45, 7) is 7.61. The summed E-state index contributed by atoms with van der Waals surface area (Å²) < 4.78 is 1.84. The lowest BCUT2D eigenvalue weighted by Crippen LogP contribution is -2.33. The third-order valence-corrected chi connectivity index (χ3v) is 5.69. The minimum absolute atomic E-state index is 0.0410. The van der Waals surface area contributed by atoms with E-state index in [2.05, 4.69) is 24.9 Å². The molecule has 0 N–H and O–H groups in total. The number of imidazole rings is 1. The van der Waals surface area contributed by atoms with Crippen LogP contribution in [0.2, 0.25) is 0 Å². The van der Waals surface area contributed by atoms with Crippen LogP contribution in [0.4, 0.5) is 11.5 Å². The molecule has 1 aliphatic heterocycles. The van der Waals surface area contributed by atoms with Gasteiger partial charge in [-0.2, -0.15) is 0 Å². The highest BCUT2D eigenvalue weighted by atomic mass is 16.2. The molecular formula is C23H21N7O. The molecule has 1 aliphatic rings. The maximum absolute atomic E-state index is 13.4. The van der Waals surface area contributed by atoms with E-state index >= 15 is 0 Å². The zero-order chi connectivity index (χ0) is 21.8. The Balaban J connectivity index is 1.59. The first-order valence-electron chi connectivity index (χ1n) is 9.97. The zero-order valence-corrected chi connectivity index (χ0v) is 17.7. The Kier molecular flexibility index (Phi) is 4.18. The molecule has 0 bridgehead atoms. The van der Waals surface area contributed by atoms with Crippen LogP contribution in [0.1, 0.15) is 31.1 Å². The van der Waals surface area contributed by atoms with Crippen LogP contribution < -0.4 is 4.90 Å². The van der Waals surface area contributed by atoms with Crippen LogP contribution in [0.25, 0.3) is 16.9 Å². The fraction of sp³-hybridized carbons (Fsp3) is 0.217. The minimum Gasteiger partial charge on any atom is -0.287 e. The average molecular weight is 411 g/mol.